The Kier molecular flexibility index (Phi) is 5.93. The first-order valence-electron chi connectivity index (χ1n) is 8.33. The van der Waals surface area contributed by atoms with Gasteiger partial charge in [-0.25, -0.2) is 4.79 Å². The van der Waals surface area contributed by atoms with E-state index in [1.54, 1.807) is 24.3 Å². The number of hydrogen-bond acceptors (Lipinski definition) is 8. The van der Waals surface area contributed by atoms with E-state index < -0.39 is 23.4 Å². The topological polar surface area (TPSA) is 126 Å². The van der Waals surface area contributed by atoms with E-state index >= 15 is 0 Å². The Morgan fingerprint density at radius 3 is 2.69 bits per heavy atom. The van der Waals surface area contributed by atoms with Crippen molar-refractivity contribution in [3.05, 3.63) is 58.2 Å². The number of nitrogens with zero attached hydrogens (tertiary/aromatic N) is 1. The fourth-order valence-corrected chi connectivity index (χ4v) is 2.52. The summed E-state index contributed by atoms with van der Waals surface area (Å²) in [7, 11) is 1.46. The fraction of sp³-hybridized carbons (Fsp3) is 0.158. The lowest BCUT2D eigenvalue weighted by Gasteiger charge is -2.09. The number of rotatable bonds is 7. The number of nitro benzene ring substituents is 1. The number of methoxy groups -OCH3 is 1. The highest BCUT2D eigenvalue weighted by Gasteiger charge is 2.22. The summed E-state index contributed by atoms with van der Waals surface area (Å²) in [5.74, 6) is -0.358. The van der Waals surface area contributed by atoms with Gasteiger partial charge >= 0.3 is 5.97 Å². The SMILES string of the molecule is COc1ccccc1NC(=O)COC(=O)/C=C/c1cc2c(cc1[N+](=O)[O-])OCO2. The lowest BCUT2D eigenvalue weighted by Crippen LogP contribution is -2.20. The van der Waals surface area contributed by atoms with Crippen molar-refractivity contribution in [1.29, 1.82) is 0 Å². The highest BCUT2D eigenvalue weighted by Crippen LogP contribution is 2.38. The molecule has 29 heavy (non-hydrogen) atoms. The molecule has 0 aliphatic carbocycles. The van der Waals surface area contributed by atoms with Crippen LogP contribution in [-0.4, -0.2) is 37.3 Å². The zero-order valence-electron chi connectivity index (χ0n) is 15.2. The van der Waals surface area contributed by atoms with Crippen LogP contribution in [0.2, 0.25) is 0 Å². The van der Waals surface area contributed by atoms with E-state index in [9.17, 15) is 19.7 Å². The van der Waals surface area contributed by atoms with Crippen molar-refractivity contribution < 1.29 is 33.5 Å². The van der Waals surface area contributed by atoms with Crippen LogP contribution in [0.4, 0.5) is 11.4 Å². The number of fused-ring (bicyclic) bond motifs is 1. The smallest absolute Gasteiger partial charge is 0.331 e. The van der Waals surface area contributed by atoms with Gasteiger partial charge in [-0.1, -0.05) is 12.1 Å². The van der Waals surface area contributed by atoms with E-state index in [1.165, 1.54) is 25.3 Å². The average Bonchev–Trinajstić information content (AvgIpc) is 3.17. The third-order valence-corrected chi connectivity index (χ3v) is 3.84. The molecule has 2 aromatic rings. The van der Waals surface area contributed by atoms with Crippen LogP contribution in [0.25, 0.3) is 6.08 Å². The summed E-state index contributed by atoms with van der Waals surface area (Å²) in [6, 6.07) is 9.37. The van der Waals surface area contributed by atoms with Gasteiger partial charge in [0.15, 0.2) is 18.1 Å². The first-order valence-corrected chi connectivity index (χ1v) is 8.33. The third kappa shape index (κ3) is 4.80. The molecule has 3 rings (SSSR count). The van der Waals surface area contributed by atoms with E-state index in [0.29, 0.717) is 17.2 Å². The minimum atomic E-state index is -0.841. The molecule has 1 amide bonds. The second-order valence-corrected chi connectivity index (χ2v) is 5.71. The monoisotopic (exact) mass is 400 g/mol. The van der Waals surface area contributed by atoms with Crippen molar-refractivity contribution in [2.75, 3.05) is 25.8 Å². The van der Waals surface area contributed by atoms with E-state index in [-0.39, 0.29) is 23.8 Å². The van der Waals surface area contributed by atoms with Crippen molar-refractivity contribution in [3.63, 3.8) is 0 Å². The predicted octanol–water partition coefficient (Wildman–Crippen LogP) is 2.53. The normalized spacial score (nSPS) is 11.9. The van der Waals surface area contributed by atoms with Crippen LogP contribution in [0, 0.1) is 10.1 Å². The van der Waals surface area contributed by atoms with Crippen LogP contribution in [0.15, 0.2) is 42.5 Å². The molecule has 0 radical (unpaired) electrons. The summed E-state index contributed by atoms with van der Waals surface area (Å²) in [5.41, 5.74) is 0.310. The van der Waals surface area contributed by atoms with E-state index in [4.69, 9.17) is 18.9 Å². The van der Waals surface area contributed by atoms with E-state index in [2.05, 4.69) is 5.32 Å². The van der Waals surface area contributed by atoms with Gasteiger partial charge in [0, 0.05) is 6.08 Å². The van der Waals surface area contributed by atoms with Crippen LogP contribution in [0.3, 0.4) is 0 Å². The van der Waals surface area contributed by atoms with Crippen LogP contribution >= 0.6 is 0 Å². The minimum absolute atomic E-state index is 0.0387. The lowest BCUT2D eigenvalue weighted by atomic mass is 10.1. The summed E-state index contributed by atoms with van der Waals surface area (Å²) < 4.78 is 20.3. The van der Waals surface area contributed by atoms with Gasteiger partial charge in [-0.05, 0) is 24.3 Å². The molecule has 0 unspecified atom stereocenters. The Bertz CT molecular complexity index is 986. The molecule has 10 nitrogen and oxygen atoms in total. The average molecular weight is 400 g/mol. The van der Waals surface area contributed by atoms with Crippen LogP contribution in [0.5, 0.6) is 17.2 Å². The number of para-hydroxylation sites is 2. The number of nitro groups is 1. The molecule has 0 saturated carbocycles. The summed E-state index contributed by atoms with van der Waals surface area (Å²) in [6.07, 6.45) is 2.20. The maximum absolute atomic E-state index is 11.9. The van der Waals surface area contributed by atoms with Crippen molar-refractivity contribution in [3.8, 4) is 17.2 Å². The second kappa shape index (κ2) is 8.74. The van der Waals surface area contributed by atoms with Gasteiger partial charge < -0.3 is 24.3 Å². The molecule has 0 aromatic heterocycles. The van der Waals surface area contributed by atoms with Gasteiger partial charge in [-0.15, -0.1) is 0 Å². The number of anilines is 1. The molecule has 10 heteroatoms. The molecule has 0 bridgehead atoms. The number of esters is 1. The highest BCUT2D eigenvalue weighted by atomic mass is 16.7. The standard InChI is InChI=1S/C19H16N2O8/c1-26-15-5-3-2-4-13(15)20-18(22)10-27-19(23)7-6-12-8-16-17(29-11-28-16)9-14(12)21(24)25/h2-9H,10-11H2,1H3,(H,20,22)/b7-6+. The van der Waals surface area contributed by atoms with Gasteiger partial charge in [0.05, 0.1) is 29.4 Å². The van der Waals surface area contributed by atoms with Crippen molar-refractivity contribution in [2.45, 2.75) is 0 Å². The Balaban J connectivity index is 1.60. The van der Waals surface area contributed by atoms with E-state index in [0.717, 1.165) is 6.08 Å². The van der Waals surface area contributed by atoms with Gasteiger partial charge in [-0.2, -0.15) is 0 Å². The minimum Gasteiger partial charge on any atom is -0.495 e. The van der Waals surface area contributed by atoms with Crippen LogP contribution in [-0.2, 0) is 14.3 Å². The number of ether oxygens (including phenoxy) is 4. The van der Waals surface area contributed by atoms with Gasteiger partial charge in [0.2, 0.25) is 6.79 Å². The molecule has 1 aliphatic heterocycles. The molecule has 150 valence electrons. The number of amides is 1. The third-order valence-electron chi connectivity index (χ3n) is 3.84. The second-order valence-electron chi connectivity index (χ2n) is 5.71. The highest BCUT2D eigenvalue weighted by molar-refractivity contribution is 5.95. The zero-order chi connectivity index (χ0) is 20.8. The quantitative estimate of drug-likeness (QED) is 0.325. The van der Waals surface area contributed by atoms with Crippen molar-refractivity contribution in [1.82, 2.24) is 0 Å². The number of carbonyl (C=O) groups excluding carboxylic acids is 2. The number of carbonyl (C=O) groups is 2. The van der Waals surface area contributed by atoms with Crippen LogP contribution in [0.1, 0.15) is 5.56 Å². The predicted molar refractivity (Wildman–Crippen MR) is 101 cm³/mol. The summed E-state index contributed by atoms with van der Waals surface area (Å²) in [4.78, 5) is 34.4. The molecule has 1 aliphatic rings. The lowest BCUT2D eigenvalue weighted by molar-refractivity contribution is -0.385. The molecule has 0 spiro atoms. The summed E-state index contributed by atoms with van der Waals surface area (Å²) in [6.45, 7) is -0.576. The Labute approximate surface area is 164 Å². The molecule has 0 saturated heterocycles. The van der Waals surface area contributed by atoms with Crippen molar-refractivity contribution in [2.24, 2.45) is 0 Å². The summed E-state index contributed by atoms with van der Waals surface area (Å²) in [5, 5.41) is 13.8. The van der Waals surface area contributed by atoms with E-state index in [1.807, 2.05) is 0 Å². The molecule has 0 atom stereocenters. The number of hydrogen-bond donors (Lipinski definition) is 1. The number of benzene rings is 2. The fourth-order valence-electron chi connectivity index (χ4n) is 2.52. The molecule has 0 fully saturated rings. The van der Waals surface area contributed by atoms with Gasteiger partial charge in [-0.3, -0.25) is 14.9 Å². The Morgan fingerprint density at radius 1 is 1.24 bits per heavy atom. The first-order chi connectivity index (χ1) is 14.0. The van der Waals surface area contributed by atoms with Gasteiger partial charge in [0.1, 0.15) is 5.75 Å². The Hall–Kier alpha value is -4.08. The molecule has 1 N–H and O–H groups in total. The molecule has 1 heterocycles. The zero-order valence-corrected chi connectivity index (χ0v) is 15.2. The number of nitrogens with one attached hydrogen (secondary N) is 1. The van der Waals surface area contributed by atoms with Crippen LogP contribution < -0.4 is 19.5 Å². The first kappa shape index (κ1) is 19.7. The largest absolute Gasteiger partial charge is 0.495 e. The van der Waals surface area contributed by atoms with Gasteiger partial charge in [0.25, 0.3) is 11.6 Å². The Morgan fingerprint density at radius 2 is 1.97 bits per heavy atom. The summed E-state index contributed by atoms with van der Waals surface area (Å²) >= 11 is 0. The molecular weight excluding hydrogens is 384 g/mol. The molecule has 2 aromatic carbocycles. The maximum atomic E-state index is 11.9. The molecular formula is C19H16N2O8. The van der Waals surface area contributed by atoms with Crippen molar-refractivity contribution >= 4 is 29.3 Å². The maximum Gasteiger partial charge on any atom is 0.331 e.